The Labute approximate surface area is 190 Å². The molecule has 32 heavy (non-hydrogen) atoms. The summed E-state index contributed by atoms with van der Waals surface area (Å²) in [6.07, 6.45) is 6.05. The number of nitrogens with zero attached hydrogens (tertiary/aromatic N) is 5. The number of aliphatic hydroxyl groups is 1. The molecule has 1 aliphatic heterocycles. The molecule has 2 aliphatic rings. The van der Waals surface area contributed by atoms with Crippen molar-refractivity contribution in [3.63, 3.8) is 0 Å². The number of anilines is 1. The summed E-state index contributed by atoms with van der Waals surface area (Å²) >= 11 is 1.53. The lowest BCUT2D eigenvalue weighted by atomic mass is 9.81. The number of rotatable bonds is 4. The summed E-state index contributed by atoms with van der Waals surface area (Å²) in [4.78, 5) is 22.7. The highest BCUT2D eigenvalue weighted by molar-refractivity contribution is 7.15. The Morgan fingerprint density at radius 1 is 1.03 bits per heavy atom. The van der Waals surface area contributed by atoms with E-state index in [2.05, 4.69) is 67.1 Å². The van der Waals surface area contributed by atoms with Gasteiger partial charge in [0.15, 0.2) is 0 Å². The van der Waals surface area contributed by atoms with Crippen LogP contribution in [0.5, 0.6) is 0 Å². The third-order valence-corrected chi connectivity index (χ3v) is 7.99. The molecule has 4 aromatic rings. The molecule has 6 rings (SSSR count). The van der Waals surface area contributed by atoms with Gasteiger partial charge in [-0.1, -0.05) is 12.1 Å². The highest BCUT2D eigenvalue weighted by atomic mass is 32.1. The van der Waals surface area contributed by atoms with E-state index in [4.69, 9.17) is 0 Å². The summed E-state index contributed by atoms with van der Waals surface area (Å²) in [6.45, 7) is 4.32. The van der Waals surface area contributed by atoms with E-state index in [1.54, 1.807) is 6.33 Å². The number of likely N-dealkylation sites (N-methyl/N-ethyl adjacent to an activating group) is 1. The first-order chi connectivity index (χ1) is 15.6. The molecule has 0 atom stereocenters. The highest BCUT2D eigenvalue weighted by Gasteiger charge is 2.39. The number of aromatic nitrogens is 4. The fourth-order valence-electron chi connectivity index (χ4n) is 4.53. The smallest absolute Gasteiger partial charge is 0.141 e. The zero-order chi connectivity index (χ0) is 21.7. The lowest BCUT2D eigenvalue weighted by Gasteiger charge is -2.34. The number of thiazole rings is 1. The number of fused-ring (bicyclic) bond motifs is 1. The number of benzene rings is 1. The van der Waals surface area contributed by atoms with Crippen LogP contribution in [0.3, 0.4) is 0 Å². The van der Waals surface area contributed by atoms with E-state index in [-0.39, 0.29) is 0 Å². The molecule has 164 valence electrons. The number of hydrogen-bond acceptors (Lipinski definition) is 7. The van der Waals surface area contributed by atoms with E-state index in [0.717, 1.165) is 83.3 Å². The molecule has 0 unspecified atom stereocenters. The summed E-state index contributed by atoms with van der Waals surface area (Å²) in [5, 5.41) is 12.4. The molecule has 0 bridgehead atoms. The summed E-state index contributed by atoms with van der Waals surface area (Å²) < 4.78 is 0. The SMILES string of the molecule is CN1CCN(c2ccc(-c3cc4c(-c5cnc(C6(O)CCC6)s5)ncnc4[nH]3)cc2)CC1. The van der Waals surface area contributed by atoms with E-state index in [1.165, 1.54) is 17.0 Å². The van der Waals surface area contributed by atoms with Gasteiger partial charge in [-0.15, -0.1) is 11.3 Å². The zero-order valence-corrected chi connectivity index (χ0v) is 18.9. The molecule has 2 fully saturated rings. The van der Waals surface area contributed by atoms with Crippen molar-refractivity contribution in [3.05, 3.63) is 47.9 Å². The van der Waals surface area contributed by atoms with Gasteiger partial charge in [-0.05, 0) is 50.1 Å². The molecule has 0 radical (unpaired) electrons. The quantitative estimate of drug-likeness (QED) is 0.495. The first kappa shape index (κ1) is 19.8. The van der Waals surface area contributed by atoms with E-state index >= 15 is 0 Å². The molecule has 1 saturated heterocycles. The average Bonchev–Trinajstić information content (AvgIpc) is 3.46. The Morgan fingerprint density at radius 3 is 2.53 bits per heavy atom. The van der Waals surface area contributed by atoms with Crippen LogP contribution in [0.2, 0.25) is 0 Å². The van der Waals surface area contributed by atoms with Gasteiger partial charge in [-0.25, -0.2) is 15.0 Å². The number of nitrogens with one attached hydrogen (secondary N) is 1. The molecular weight excluding hydrogens is 420 g/mol. The van der Waals surface area contributed by atoms with Crippen molar-refractivity contribution in [1.29, 1.82) is 0 Å². The molecule has 0 spiro atoms. The Kier molecular flexibility index (Phi) is 4.74. The van der Waals surface area contributed by atoms with Crippen LogP contribution in [0.25, 0.3) is 32.9 Å². The van der Waals surface area contributed by atoms with Gasteiger partial charge < -0.3 is 19.9 Å². The molecule has 1 aliphatic carbocycles. The fourth-order valence-corrected chi connectivity index (χ4v) is 5.61. The Morgan fingerprint density at radius 2 is 1.81 bits per heavy atom. The minimum atomic E-state index is -0.746. The molecule has 7 nitrogen and oxygen atoms in total. The minimum Gasteiger partial charge on any atom is -0.383 e. The normalized spacial score (nSPS) is 18.8. The van der Waals surface area contributed by atoms with Gasteiger partial charge in [0.25, 0.3) is 0 Å². The molecule has 4 heterocycles. The van der Waals surface area contributed by atoms with Crippen LogP contribution < -0.4 is 4.90 Å². The van der Waals surface area contributed by atoms with Crippen molar-refractivity contribution < 1.29 is 5.11 Å². The predicted octanol–water partition coefficient (Wildman–Crippen LogP) is 3.87. The summed E-state index contributed by atoms with van der Waals surface area (Å²) in [6, 6.07) is 10.9. The van der Waals surface area contributed by atoms with Crippen LogP contribution in [0, 0.1) is 0 Å². The van der Waals surface area contributed by atoms with Gasteiger partial charge in [-0.3, -0.25) is 0 Å². The second-order valence-electron chi connectivity index (χ2n) is 8.92. The third kappa shape index (κ3) is 3.39. The van der Waals surface area contributed by atoms with Crippen LogP contribution in [0.15, 0.2) is 42.9 Å². The maximum Gasteiger partial charge on any atom is 0.141 e. The second kappa shape index (κ2) is 7.65. The number of piperazine rings is 1. The standard InChI is InChI=1S/C24H26N6OS/c1-29-9-11-30(12-10-29)17-5-3-16(4-6-17)19-13-18-21(26-15-27-22(18)28-19)20-14-25-23(32-20)24(31)7-2-8-24/h3-6,13-15,31H,2,7-12H2,1H3,(H,26,27,28). The summed E-state index contributed by atoms with van der Waals surface area (Å²) in [5.41, 5.74) is 4.34. The van der Waals surface area contributed by atoms with E-state index in [1.807, 2.05) is 6.20 Å². The Bertz CT molecular complexity index is 1250. The topological polar surface area (TPSA) is 81.2 Å². The van der Waals surface area contributed by atoms with Gasteiger partial charge in [0.2, 0.25) is 0 Å². The molecule has 1 aromatic carbocycles. The van der Waals surface area contributed by atoms with Crippen LogP contribution in [-0.4, -0.2) is 63.2 Å². The molecular formula is C24H26N6OS. The maximum absolute atomic E-state index is 10.6. The van der Waals surface area contributed by atoms with E-state index in [0.29, 0.717) is 0 Å². The first-order valence-electron chi connectivity index (χ1n) is 11.2. The third-order valence-electron chi connectivity index (χ3n) is 6.79. The van der Waals surface area contributed by atoms with Gasteiger partial charge in [-0.2, -0.15) is 0 Å². The molecule has 2 N–H and O–H groups in total. The maximum atomic E-state index is 10.6. The summed E-state index contributed by atoms with van der Waals surface area (Å²) in [5.74, 6) is 0. The van der Waals surface area contributed by atoms with Crippen molar-refractivity contribution >= 4 is 28.1 Å². The minimum absolute atomic E-state index is 0.746. The Hall–Kier alpha value is -2.81. The second-order valence-corrected chi connectivity index (χ2v) is 9.95. The fraction of sp³-hybridized carbons (Fsp3) is 0.375. The van der Waals surface area contributed by atoms with Crippen LogP contribution in [0.1, 0.15) is 24.3 Å². The van der Waals surface area contributed by atoms with Gasteiger partial charge in [0.05, 0.1) is 10.6 Å². The molecule has 8 heteroatoms. The van der Waals surface area contributed by atoms with Gasteiger partial charge >= 0.3 is 0 Å². The highest BCUT2D eigenvalue weighted by Crippen LogP contribution is 2.44. The number of aromatic amines is 1. The Balaban J connectivity index is 1.30. The average molecular weight is 447 g/mol. The van der Waals surface area contributed by atoms with Crippen LogP contribution >= 0.6 is 11.3 Å². The molecule has 1 saturated carbocycles. The van der Waals surface area contributed by atoms with Crippen molar-refractivity contribution in [2.24, 2.45) is 0 Å². The van der Waals surface area contributed by atoms with Crippen molar-refractivity contribution in [3.8, 4) is 21.8 Å². The monoisotopic (exact) mass is 446 g/mol. The summed E-state index contributed by atoms with van der Waals surface area (Å²) in [7, 11) is 2.18. The van der Waals surface area contributed by atoms with E-state index in [9.17, 15) is 5.11 Å². The zero-order valence-electron chi connectivity index (χ0n) is 18.1. The lowest BCUT2D eigenvalue weighted by Crippen LogP contribution is -2.44. The van der Waals surface area contributed by atoms with Crippen LogP contribution in [0.4, 0.5) is 5.69 Å². The predicted molar refractivity (Wildman–Crippen MR) is 128 cm³/mol. The van der Waals surface area contributed by atoms with Gasteiger partial charge in [0.1, 0.15) is 22.6 Å². The van der Waals surface area contributed by atoms with Gasteiger partial charge in [0, 0.05) is 49.1 Å². The van der Waals surface area contributed by atoms with Crippen molar-refractivity contribution in [2.45, 2.75) is 24.9 Å². The van der Waals surface area contributed by atoms with Crippen molar-refractivity contribution in [1.82, 2.24) is 24.8 Å². The number of H-pyrrole nitrogens is 1. The number of hydrogen-bond donors (Lipinski definition) is 2. The van der Waals surface area contributed by atoms with E-state index < -0.39 is 5.60 Å². The molecule has 3 aromatic heterocycles. The lowest BCUT2D eigenvalue weighted by molar-refractivity contribution is -0.0389. The van der Waals surface area contributed by atoms with Crippen molar-refractivity contribution in [2.75, 3.05) is 38.1 Å². The largest absolute Gasteiger partial charge is 0.383 e. The molecule has 0 amide bonds. The first-order valence-corrected chi connectivity index (χ1v) is 12.0. The van der Waals surface area contributed by atoms with Crippen LogP contribution in [-0.2, 0) is 5.60 Å².